The lowest BCUT2D eigenvalue weighted by Crippen LogP contribution is -2.28. The second-order valence-corrected chi connectivity index (χ2v) is 8.70. The molecule has 6 nitrogen and oxygen atoms in total. The van der Waals surface area contributed by atoms with Gasteiger partial charge < -0.3 is 10.6 Å². The van der Waals surface area contributed by atoms with Crippen molar-refractivity contribution in [2.75, 3.05) is 5.32 Å². The number of benzene rings is 1. The summed E-state index contributed by atoms with van der Waals surface area (Å²) in [6.45, 7) is 15.6. The van der Waals surface area contributed by atoms with Crippen molar-refractivity contribution in [2.24, 2.45) is 4.99 Å². The van der Waals surface area contributed by atoms with Crippen LogP contribution in [0.15, 0.2) is 64.3 Å². The Morgan fingerprint density at radius 1 is 1.16 bits per heavy atom. The topological polar surface area (TPSA) is 79.3 Å². The molecule has 1 unspecified atom stereocenters. The van der Waals surface area contributed by atoms with E-state index in [1.54, 1.807) is 13.8 Å². The summed E-state index contributed by atoms with van der Waals surface area (Å²) in [6.07, 6.45) is 1.51. The van der Waals surface area contributed by atoms with Gasteiger partial charge in [-0.2, -0.15) is 5.10 Å². The maximum Gasteiger partial charge on any atom is 0.271 e. The van der Waals surface area contributed by atoms with E-state index in [0.717, 1.165) is 5.69 Å². The summed E-state index contributed by atoms with van der Waals surface area (Å²) >= 11 is 6.19. The van der Waals surface area contributed by atoms with Gasteiger partial charge >= 0.3 is 0 Å². The first kappa shape index (κ1) is 24.3. The molecular formula is C24H30ClN5O. The first-order valence-corrected chi connectivity index (χ1v) is 10.5. The highest BCUT2D eigenvalue weighted by atomic mass is 35.5. The van der Waals surface area contributed by atoms with Crippen LogP contribution in [0.25, 0.3) is 0 Å². The predicted octanol–water partition coefficient (Wildman–Crippen LogP) is 5.81. The molecule has 1 amide bonds. The van der Waals surface area contributed by atoms with Gasteiger partial charge in [-0.15, -0.1) is 5.10 Å². The summed E-state index contributed by atoms with van der Waals surface area (Å²) < 4.78 is 0. The van der Waals surface area contributed by atoms with Gasteiger partial charge in [-0.3, -0.25) is 9.79 Å². The van der Waals surface area contributed by atoms with Gasteiger partial charge in [-0.25, -0.2) is 0 Å². The number of halogens is 1. The molecule has 2 rings (SSSR count). The van der Waals surface area contributed by atoms with Crippen molar-refractivity contribution in [3.63, 3.8) is 0 Å². The minimum Gasteiger partial charge on any atom is -0.342 e. The Kier molecular flexibility index (Phi) is 8.11. The Morgan fingerprint density at radius 2 is 1.81 bits per heavy atom. The fourth-order valence-electron chi connectivity index (χ4n) is 2.73. The SMILES string of the molecule is C=C(C)/C(Cl)=C(\N=CC)C(=O)NC(C)c1ccc(Nc2ccc(C(C)(C)C)cc2)nn1. The molecular weight excluding hydrogens is 410 g/mol. The van der Waals surface area contributed by atoms with Crippen molar-refractivity contribution in [1.82, 2.24) is 15.5 Å². The number of carbonyl (C=O) groups is 1. The smallest absolute Gasteiger partial charge is 0.271 e. The number of amides is 1. The number of nitrogens with zero attached hydrogens (tertiary/aromatic N) is 3. The van der Waals surface area contributed by atoms with Gasteiger partial charge in [0.2, 0.25) is 0 Å². The second-order valence-electron chi connectivity index (χ2n) is 8.32. The van der Waals surface area contributed by atoms with Crippen LogP contribution in [0.2, 0.25) is 0 Å². The highest BCUT2D eigenvalue weighted by Crippen LogP contribution is 2.25. The highest BCUT2D eigenvalue weighted by molar-refractivity contribution is 6.34. The first-order valence-electron chi connectivity index (χ1n) is 10.1. The fourth-order valence-corrected chi connectivity index (χ4v) is 2.86. The molecule has 2 N–H and O–H groups in total. The number of rotatable bonds is 7. The number of allylic oxidation sites excluding steroid dienone is 2. The number of hydrogen-bond donors (Lipinski definition) is 2. The van der Waals surface area contributed by atoms with Crippen LogP contribution in [0, 0.1) is 0 Å². The minimum absolute atomic E-state index is 0.104. The molecule has 2 aromatic rings. The lowest BCUT2D eigenvalue weighted by atomic mass is 9.87. The summed E-state index contributed by atoms with van der Waals surface area (Å²) in [5.41, 5.74) is 3.60. The molecule has 1 aromatic heterocycles. The van der Waals surface area contributed by atoms with E-state index in [1.165, 1.54) is 11.8 Å². The maximum atomic E-state index is 12.6. The summed E-state index contributed by atoms with van der Waals surface area (Å²) in [5, 5.41) is 14.8. The van der Waals surface area contributed by atoms with Crippen molar-refractivity contribution < 1.29 is 4.79 Å². The molecule has 0 saturated heterocycles. The number of carbonyl (C=O) groups excluding carboxylic acids is 1. The monoisotopic (exact) mass is 439 g/mol. The zero-order chi connectivity index (χ0) is 23.2. The fraction of sp³-hybridized carbons (Fsp3) is 0.333. The van der Waals surface area contributed by atoms with Gasteiger partial charge in [-0.05, 0) is 61.6 Å². The first-order chi connectivity index (χ1) is 14.5. The average Bonchev–Trinajstić information content (AvgIpc) is 2.71. The summed E-state index contributed by atoms with van der Waals surface area (Å²) in [4.78, 5) is 16.7. The molecule has 0 saturated carbocycles. The lowest BCUT2D eigenvalue weighted by molar-refractivity contribution is -0.118. The van der Waals surface area contributed by atoms with Crippen molar-refractivity contribution in [2.45, 2.75) is 53.0 Å². The molecule has 0 aliphatic carbocycles. The van der Waals surface area contributed by atoms with Crippen molar-refractivity contribution in [3.05, 3.63) is 70.5 Å². The number of hydrogen-bond acceptors (Lipinski definition) is 5. The van der Waals surface area contributed by atoms with Crippen molar-refractivity contribution in [1.29, 1.82) is 0 Å². The third-order valence-corrected chi connectivity index (χ3v) is 5.06. The van der Waals surface area contributed by atoms with E-state index in [-0.39, 0.29) is 22.2 Å². The van der Waals surface area contributed by atoms with Gasteiger partial charge in [0, 0.05) is 11.9 Å². The van der Waals surface area contributed by atoms with Crippen LogP contribution in [0.3, 0.4) is 0 Å². The van der Waals surface area contributed by atoms with Gasteiger partial charge in [0.05, 0.1) is 16.8 Å². The standard InChI is InChI=1S/C24H30ClN5O/c1-8-26-22(21(25)15(2)3)23(31)27-16(4)19-13-14-20(30-29-19)28-18-11-9-17(10-12-18)24(5,6)7/h8-14,16H,2H2,1,3-7H3,(H,27,31)(H,28,30)/b22-21+,26-8?. The van der Waals surface area contributed by atoms with E-state index in [4.69, 9.17) is 11.6 Å². The molecule has 164 valence electrons. The van der Waals surface area contributed by atoms with Crippen LogP contribution in [0.1, 0.15) is 58.8 Å². The van der Waals surface area contributed by atoms with E-state index >= 15 is 0 Å². The van der Waals surface area contributed by atoms with Gasteiger partial charge in [0.25, 0.3) is 5.91 Å². The van der Waals surface area contributed by atoms with E-state index in [9.17, 15) is 4.79 Å². The Hall–Kier alpha value is -2.99. The molecule has 1 atom stereocenters. The molecule has 0 bridgehead atoms. The van der Waals surface area contributed by atoms with Gasteiger partial charge in [-0.1, -0.05) is 51.1 Å². The molecule has 31 heavy (non-hydrogen) atoms. The van der Waals surface area contributed by atoms with Crippen LogP contribution in [0.4, 0.5) is 11.5 Å². The van der Waals surface area contributed by atoms with Crippen LogP contribution in [0.5, 0.6) is 0 Å². The number of nitrogens with one attached hydrogen (secondary N) is 2. The molecule has 0 radical (unpaired) electrons. The Morgan fingerprint density at radius 3 is 2.29 bits per heavy atom. The van der Waals surface area contributed by atoms with Crippen LogP contribution >= 0.6 is 11.6 Å². The molecule has 7 heteroatoms. The van der Waals surface area contributed by atoms with Crippen LogP contribution in [-0.4, -0.2) is 22.3 Å². The minimum atomic E-state index is -0.401. The molecule has 1 aromatic carbocycles. The maximum absolute atomic E-state index is 12.6. The third-order valence-electron chi connectivity index (χ3n) is 4.56. The quantitative estimate of drug-likeness (QED) is 0.324. The van der Waals surface area contributed by atoms with Crippen molar-refractivity contribution in [3.8, 4) is 0 Å². The van der Waals surface area contributed by atoms with E-state index in [2.05, 4.69) is 65.3 Å². The van der Waals surface area contributed by atoms with Gasteiger partial charge in [0.1, 0.15) is 5.70 Å². The largest absolute Gasteiger partial charge is 0.342 e. The lowest BCUT2D eigenvalue weighted by Gasteiger charge is -2.19. The van der Waals surface area contributed by atoms with E-state index in [0.29, 0.717) is 17.1 Å². The Labute approximate surface area is 189 Å². The molecule has 0 spiro atoms. The average molecular weight is 440 g/mol. The zero-order valence-corrected chi connectivity index (χ0v) is 19.7. The van der Waals surface area contributed by atoms with Crippen LogP contribution < -0.4 is 10.6 Å². The van der Waals surface area contributed by atoms with Crippen molar-refractivity contribution >= 4 is 35.2 Å². The van der Waals surface area contributed by atoms with Crippen LogP contribution in [-0.2, 0) is 10.2 Å². The predicted molar refractivity (Wildman–Crippen MR) is 129 cm³/mol. The summed E-state index contributed by atoms with van der Waals surface area (Å²) in [5.74, 6) is 0.216. The molecule has 0 fully saturated rings. The highest BCUT2D eigenvalue weighted by Gasteiger charge is 2.18. The van der Waals surface area contributed by atoms with E-state index < -0.39 is 5.91 Å². The van der Waals surface area contributed by atoms with E-state index in [1.807, 2.05) is 31.2 Å². The van der Waals surface area contributed by atoms with Gasteiger partial charge in [0.15, 0.2) is 5.82 Å². The Balaban J connectivity index is 2.08. The summed E-state index contributed by atoms with van der Waals surface area (Å²) in [7, 11) is 0. The second kappa shape index (κ2) is 10.4. The number of aliphatic imine (C=N–C) groups is 1. The summed E-state index contributed by atoms with van der Waals surface area (Å²) in [6, 6.07) is 11.5. The number of anilines is 2. The third kappa shape index (κ3) is 6.76. The normalized spacial score (nSPS) is 13.5. The molecule has 0 aliphatic heterocycles. The Bertz CT molecular complexity index is 986. The molecule has 0 aliphatic rings. The molecule has 1 heterocycles. The number of aromatic nitrogens is 2. The zero-order valence-electron chi connectivity index (χ0n) is 19.0.